The summed E-state index contributed by atoms with van der Waals surface area (Å²) in [6, 6.07) is 5.17. The molecule has 0 bridgehead atoms. The topological polar surface area (TPSA) is 63.7 Å². The molecular formula is C14H21NO4S. The van der Waals surface area contributed by atoms with Gasteiger partial charge in [-0.2, -0.15) is 0 Å². The lowest BCUT2D eigenvalue weighted by Gasteiger charge is -2.17. The molecule has 0 aliphatic rings. The van der Waals surface area contributed by atoms with E-state index in [1.807, 2.05) is 19.9 Å². The van der Waals surface area contributed by atoms with Crippen molar-refractivity contribution in [3.05, 3.63) is 29.3 Å². The molecule has 0 atom stereocenters. The van der Waals surface area contributed by atoms with E-state index in [-0.39, 0.29) is 17.9 Å². The van der Waals surface area contributed by atoms with Gasteiger partial charge in [0.1, 0.15) is 0 Å². The molecular weight excluding hydrogens is 278 g/mol. The van der Waals surface area contributed by atoms with Crippen LogP contribution in [0.15, 0.2) is 23.1 Å². The first-order valence-electron chi connectivity index (χ1n) is 6.47. The minimum atomic E-state index is -3.57. The van der Waals surface area contributed by atoms with Crippen molar-refractivity contribution < 1.29 is 17.9 Å². The molecule has 0 saturated carbocycles. The molecule has 0 N–H and O–H groups in total. The molecule has 0 saturated heterocycles. The van der Waals surface area contributed by atoms with Crippen LogP contribution in [0.25, 0.3) is 0 Å². The van der Waals surface area contributed by atoms with Crippen molar-refractivity contribution in [2.45, 2.75) is 32.1 Å². The Balaban J connectivity index is 2.84. The van der Waals surface area contributed by atoms with Crippen LogP contribution in [0, 0.1) is 13.8 Å². The number of rotatable bonds is 6. The summed E-state index contributed by atoms with van der Waals surface area (Å²) in [5.41, 5.74) is 1.78. The molecule has 0 aliphatic heterocycles. The van der Waals surface area contributed by atoms with Crippen molar-refractivity contribution in [2.24, 2.45) is 0 Å². The average molecular weight is 299 g/mol. The largest absolute Gasteiger partial charge is 0.466 e. The summed E-state index contributed by atoms with van der Waals surface area (Å²) in [6.07, 6.45) is 0.0500. The Morgan fingerprint density at radius 3 is 2.25 bits per heavy atom. The van der Waals surface area contributed by atoms with Crippen LogP contribution in [0.3, 0.4) is 0 Å². The quantitative estimate of drug-likeness (QED) is 0.752. The molecule has 5 nitrogen and oxygen atoms in total. The molecule has 1 aromatic rings. The van der Waals surface area contributed by atoms with Crippen LogP contribution in [0.5, 0.6) is 0 Å². The highest BCUT2D eigenvalue weighted by Gasteiger charge is 2.21. The Bertz CT molecular complexity index is 561. The summed E-state index contributed by atoms with van der Waals surface area (Å²) < 4.78 is 30.7. The number of hydrogen-bond donors (Lipinski definition) is 0. The second-order valence-electron chi connectivity index (χ2n) is 4.71. The lowest BCUT2D eigenvalue weighted by atomic mass is 10.2. The van der Waals surface area contributed by atoms with E-state index >= 15 is 0 Å². The molecule has 0 unspecified atom stereocenters. The number of benzene rings is 1. The van der Waals surface area contributed by atoms with E-state index in [9.17, 15) is 13.2 Å². The monoisotopic (exact) mass is 299 g/mol. The summed E-state index contributed by atoms with van der Waals surface area (Å²) in [4.78, 5) is 11.5. The van der Waals surface area contributed by atoms with Gasteiger partial charge in [0.05, 0.1) is 17.9 Å². The third-order valence-electron chi connectivity index (χ3n) is 2.84. The third kappa shape index (κ3) is 4.31. The zero-order valence-corrected chi connectivity index (χ0v) is 13.2. The minimum absolute atomic E-state index is 0.0500. The zero-order valence-electron chi connectivity index (χ0n) is 12.3. The molecule has 1 aromatic carbocycles. The highest BCUT2D eigenvalue weighted by Crippen LogP contribution is 2.18. The Kier molecular flexibility index (Phi) is 5.71. The first-order valence-corrected chi connectivity index (χ1v) is 7.91. The molecule has 0 fully saturated rings. The van der Waals surface area contributed by atoms with Crippen molar-refractivity contribution in [3.8, 4) is 0 Å². The van der Waals surface area contributed by atoms with Crippen LogP contribution >= 0.6 is 0 Å². The van der Waals surface area contributed by atoms with E-state index in [1.54, 1.807) is 19.1 Å². The predicted octanol–water partition coefficient (Wildman–Crippen LogP) is 1.88. The fourth-order valence-corrected chi connectivity index (χ4v) is 3.23. The van der Waals surface area contributed by atoms with Crippen molar-refractivity contribution >= 4 is 16.0 Å². The maximum Gasteiger partial charge on any atom is 0.307 e. The fraction of sp³-hybridized carbons (Fsp3) is 0.500. The van der Waals surface area contributed by atoms with Gasteiger partial charge in [-0.05, 0) is 44.0 Å². The number of hydrogen-bond acceptors (Lipinski definition) is 4. The van der Waals surface area contributed by atoms with Gasteiger partial charge in [-0.1, -0.05) is 6.07 Å². The smallest absolute Gasteiger partial charge is 0.307 e. The van der Waals surface area contributed by atoms with Crippen LogP contribution in [-0.4, -0.2) is 38.9 Å². The molecule has 0 amide bonds. The summed E-state index contributed by atoms with van der Waals surface area (Å²) in [7, 11) is -2.10. The van der Waals surface area contributed by atoms with Gasteiger partial charge < -0.3 is 4.74 Å². The van der Waals surface area contributed by atoms with Crippen LogP contribution < -0.4 is 0 Å². The lowest BCUT2D eigenvalue weighted by molar-refractivity contribution is -0.143. The van der Waals surface area contributed by atoms with Crippen LogP contribution in [0.4, 0.5) is 0 Å². The van der Waals surface area contributed by atoms with Crippen molar-refractivity contribution in [1.82, 2.24) is 4.31 Å². The number of sulfonamides is 1. The molecule has 0 heterocycles. The van der Waals surface area contributed by atoms with Crippen LogP contribution in [-0.2, 0) is 19.6 Å². The summed E-state index contributed by atoms with van der Waals surface area (Å²) in [5.74, 6) is -0.394. The zero-order chi connectivity index (χ0) is 15.3. The Morgan fingerprint density at radius 2 is 1.75 bits per heavy atom. The average Bonchev–Trinajstić information content (AvgIpc) is 2.35. The van der Waals surface area contributed by atoms with Gasteiger partial charge >= 0.3 is 5.97 Å². The van der Waals surface area contributed by atoms with Crippen LogP contribution in [0.2, 0.25) is 0 Å². The number of esters is 1. The number of carbonyl (C=O) groups is 1. The maximum absolute atomic E-state index is 12.4. The number of carbonyl (C=O) groups excluding carboxylic acids is 1. The van der Waals surface area contributed by atoms with Gasteiger partial charge in [0.15, 0.2) is 0 Å². The summed E-state index contributed by atoms with van der Waals surface area (Å²) in [6.45, 7) is 5.82. The van der Waals surface area contributed by atoms with Gasteiger partial charge in [0, 0.05) is 13.6 Å². The Morgan fingerprint density at radius 1 is 1.20 bits per heavy atom. The van der Waals surface area contributed by atoms with Crippen molar-refractivity contribution in [1.29, 1.82) is 0 Å². The standard InChI is InChI=1S/C14H21NO4S/c1-5-19-14(16)6-7-15(4)20(17,18)13-9-11(2)8-12(3)10-13/h8-10H,5-7H2,1-4H3. The number of aryl methyl sites for hydroxylation is 2. The molecule has 0 spiro atoms. The second kappa shape index (κ2) is 6.85. The first-order chi connectivity index (χ1) is 9.27. The van der Waals surface area contributed by atoms with Crippen LogP contribution in [0.1, 0.15) is 24.5 Å². The lowest BCUT2D eigenvalue weighted by Crippen LogP contribution is -2.29. The molecule has 112 valence electrons. The third-order valence-corrected chi connectivity index (χ3v) is 4.67. The molecule has 0 radical (unpaired) electrons. The van der Waals surface area contributed by atoms with Gasteiger partial charge in [0.2, 0.25) is 10.0 Å². The summed E-state index contributed by atoms with van der Waals surface area (Å²) in [5, 5.41) is 0. The summed E-state index contributed by atoms with van der Waals surface area (Å²) >= 11 is 0. The van der Waals surface area contributed by atoms with E-state index in [0.717, 1.165) is 11.1 Å². The van der Waals surface area contributed by atoms with E-state index in [0.29, 0.717) is 6.61 Å². The van der Waals surface area contributed by atoms with E-state index in [2.05, 4.69) is 0 Å². The number of nitrogens with zero attached hydrogens (tertiary/aromatic N) is 1. The fourth-order valence-electron chi connectivity index (χ4n) is 1.86. The maximum atomic E-state index is 12.4. The SMILES string of the molecule is CCOC(=O)CCN(C)S(=O)(=O)c1cc(C)cc(C)c1. The minimum Gasteiger partial charge on any atom is -0.466 e. The molecule has 0 aliphatic carbocycles. The van der Waals surface area contributed by atoms with Crippen molar-refractivity contribution in [3.63, 3.8) is 0 Å². The van der Waals surface area contributed by atoms with Gasteiger partial charge in [0.25, 0.3) is 0 Å². The molecule has 0 aromatic heterocycles. The highest BCUT2D eigenvalue weighted by molar-refractivity contribution is 7.89. The Labute approximate surface area is 120 Å². The van der Waals surface area contributed by atoms with Crippen molar-refractivity contribution in [2.75, 3.05) is 20.2 Å². The normalized spacial score (nSPS) is 11.7. The van der Waals surface area contributed by atoms with Gasteiger partial charge in [-0.15, -0.1) is 0 Å². The van der Waals surface area contributed by atoms with E-state index in [4.69, 9.17) is 4.74 Å². The Hall–Kier alpha value is -1.40. The molecule has 20 heavy (non-hydrogen) atoms. The van der Waals surface area contributed by atoms with E-state index in [1.165, 1.54) is 11.4 Å². The van der Waals surface area contributed by atoms with E-state index < -0.39 is 16.0 Å². The predicted molar refractivity (Wildman–Crippen MR) is 77.0 cm³/mol. The van der Waals surface area contributed by atoms with Gasteiger partial charge in [-0.25, -0.2) is 12.7 Å². The second-order valence-corrected chi connectivity index (χ2v) is 6.75. The molecule has 6 heteroatoms. The van der Waals surface area contributed by atoms with Gasteiger partial charge in [-0.3, -0.25) is 4.79 Å². The highest BCUT2D eigenvalue weighted by atomic mass is 32.2. The molecule has 1 rings (SSSR count). The number of ether oxygens (including phenoxy) is 1. The first kappa shape index (κ1) is 16.7.